The van der Waals surface area contributed by atoms with Gasteiger partial charge in [-0.1, -0.05) is 30.3 Å². The second kappa shape index (κ2) is 4.11. The minimum absolute atomic E-state index is 0.0325. The monoisotopic (exact) mass is 236 g/mol. The molecule has 0 saturated heterocycles. The van der Waals surface area contributed by atoms with Crippen molar-refractivity contribution in [3.63, 3.8) is 0 Å². The normalized spacial score (nSPS) is 10.7. The van der Waals surface area contributed by atoms with Crippen LogP contribution in [-0.4, -0.2) is 9.55 Å². The summed E-state index contributed by atoms with van der Waals surface area (Å²) in [6.45, 7) is 1.98. The third-order valence-electron chi connectivity index (χ3n) is 3.04. The minimum Gasteiger partial charge on any atom is -0.268 e. The van der Waals surface area contributed by atoms with Gasteiger partial charge in [0.05, 0.1) is 16.6 Å². The second-order valence-corrected chi connectivity index (χ2v) is 4.22. The number of hydrogen-bond donors (Lipinski definition) is 0. The highest BCUT2D eigenvalue weighted by Gasteiger charge is 2.06. The maximum Gasteiger partial charge on any atom is 0.265 e. The van der Waals surface area contributed by atoms with Gasteiger partial charge in [-0.15, -0.1) is 0 Å². The molecule has 0 amide bonds. The molecule has 0 aliphatic carbocycles. The lowest BCUT2D eigenvalue weighted by Gasteiger charge is -2.09. The predicted molar refractivity (Wildman–Crippen MR) is 72.1 cm³/mol. The standard InChI is InChI=1S/C15H12N2O/c1-11-6-2-5-9-14(11)17-10-16-13-8-4-3-7-12(13)15(17)18/h2-10H,1H3. The summed E-state index contributed by atoms with van der Waals surface area (Å²) < 4.78 is 1.59. The van der Waals surface area contributed by atoms with Gasteiger partial charge in [0.15, 0.2) is 0 Å². The van der Waals surface area contributed by atoms with Crippen molar-refractivity contribution in [2.45, 2.75) is 6.92 Å². The van der Waals surface area contributed by atoms with Gasteiger partial charge in [-0.05, 0) is 30.7 Å². The van der Waals surface area contributed by atoms with Gasteiger partial charge in [0.25, 0.3) is 5.56 Å². The van der Waals surface area contributed by atoms with Gasteiger partial charge in [0.2, 0.25) is 0 Å². The summed E-state index contributed by atoms with van der Waals surface area (Å²) >= 11 is 0. The molecule has 0 unspecified atom stereocenters. The second-order valence-electron chi connectivity index (χ2n) is 4.22. The number of hydrogen-bond acceptors (Lipinski definition) is 2. The van der Waals surface area contributed by atoms with Crippen LogP contribution < -0.4 is 5.56 Å². The number of para-hydroxylation sites is 2. The molecule has 88 valence electrons. The Labute approximate surface area is 104 Å². The van der Waals surface area contributed by atoms with Gasteiger partial charge in [-0.25, -0.2) is 4.98 Å². The summed E-state index contributed by atoms with van der Waals surface area (Å²) in [6.07, 6.45) is 1.59. The third kappa shape index (κ3) is 1.61. The molecule has 18 heavy (non-hydrogen) atoms. The Kier molecular flexibility index (Phi) is 2.45. The molecule has 0 spiro atoms. The topological polar surface area (TPSA) is 34.9 Å². The van der Waals surface area contributed by atoms with Crippen LogP contribution in [0.2, 0.25) is 0 Å². The lowest BCUT2D eigenvalue weighted by atomic mass is 10.2. The molecule has 0 saturated carbocycles. The molecule has 0 atom stereocenters. The molecule has 3 heteroatoms. The van der Waals surface area contributed by atoms with E-state index in [4.69, 9.17) is 0 Å². The van der Waals surface area contributed by atoms with Crippen molar-refractivity contribution in [1.29, 1.82) is 0 Å². The van der Waals surface area contributed by atoms with E-state index in [2.05, 4.69) is 4.98 Å². The highest BCUT2D eigenvalue weighted by atomic mass is 16.1. The van der Waals surface area contributed by atoms with Crippen LogP contribution >= 0.6 is 0 Å². The molecule has 1 aromatic heterocycles. The summed E-state index contributed by atoms with van der Waals surface area (Å²) in [5.41, 5.74) is 2.62. The summed E-state index contributed by atoms with van der Waals surface area (Å²) in [5.74, 6) is 0. The molecule has 0 bridgehead atoms. The van der Waals surface area contributed by atoms with E-state index in [1.807, 2.05) is 49.4 Å². The van der Waals surface area contributed by atoms with E-state index in [0.717, 1.165) is 16.8 Å². The fourth-order valence-electron chi connectivity index (χ4n) is 2.07. The Bertz CT molecular complexity index is 775. The molecule has 3 aromatic rings. The first kappa shape index (κ1) is 10.7. The molecular formula is C15H12N2O. The van der Waals surface area contributed by atoms with Crippen molar-refractivity contribution in [2.75, 3.05) is 0 Å². The Morgan fingerprint density at radius 2 is 1.72 bits per heavy atom. The van der Waals surface area contributed by atoms with Crippen molar-refractivity contribution in [3.8, 4) is 5.69 Å². The third-order valence-corrected chi connectivity index (χ3v) is 3.04. The van der Waals surface area contributed by atoms with Crippen LogP contribution in [0.4, 0.5) is 0 Å². The SMILES string of the molecule is Cc1ccccc1-n1cnc2ccccc2c1=O. The number of benzene rings is 2. The van der Waals surface area contributed by atoms with Crippen LogP contribution in [0, 0.1) is 6.92 Å². The first-order chi connectivity index (χ1) is 8.77. The Balaban J connectivity index is 2.35. The van der Waals surface area contributed by atoms with E-state index in [0.29, 0.717) is 5.39 Å². The van der Waals surface area contributed by atoms with Gasteiger partial charge in [-0.2, -0.15) is 0 Å². The number of aromatic nitrogens is 2. The average molecular weight is 236 g/mol. The minimum atomic E-state index is -0.0325. The van der Waals surface area contributed by atoms with Crippen LogP contribution in [0.1, 0.15) is 5.56 Å². The van der Waals surface area contributed by atoms with E-state index >= 15 is 0 Å². The zero-order valence-corrected chi connectivity index (χ0v) is 10.00. The van der Waals surface area contributed by atoms with Gasteiger partial charge >= 0.3 is 0 Å². The molecule has 3 nitrogen and oxygen atoms in total. The van der Waals surface area contributed by atoms with Gasteiger partial charge in [-0.3, -0.25) is 9.36 Å². The van der Waals surface area contributed by atoms with Crippen LogP contribution in [-0.2, 0) is 0 Å². The maximum atomic E-state index is 12.4. The molecular weight excluding hydrogens is 224 g/mol. The van der Waals surface area contributed by atoms with Gasteiger partial charge < -0.3 is 0 Å². The first-order valence-electron chi connectivity index (χ1n) is 5.80. The van der Waals surface area contributed by atoms with Crippen LogP contribution in [0.25, 0.3) is 16.6 Å². The highest BCUT2D eigenvalue weighted by molar-refractivity contribution is 5.77. The maximum absolute atomic E-state index is 12.4. The predicted octanol–water partition coefficient (Wildman–Crippen LogP) is 2.69. The van der Waals surface area contributed by atoms with Crippen molar-refractivity contribution >= 4 is 10.9 Å². The molecule has 2 aromatic carbocycles. The van der Waals surface area contributed by atoms with E-state index in [-0.39, 0.29) is 5.56 Å². The molecule has 0 aliphatic heterocycles. The fourth-order valence-corrected chi connectivity index (χ4v) is 2.07. The number of aryl methyl sites for hydroxylation is 1. The zero-order chi connectivity index (χ0) is 12.5. The van der Waals surface area contributed by atoms with E-state index in [1.165, 1.54) is 0 Å². The van der Waals surface area contributed by atoms with Gasteiger partial charge in [0, 0.05) is 0 Å². The van der Waals surface area contributed by atoms with Crippen LogP contribution in [0.5, 0.6) is 0 Å². The number of rotatable bonds is 1. The largest absolute Gasteiger partial charge is 0.268 e. The fraction of sp³-hybridized carbons (Fsp3) is 0.0667. The van der Waals surface area contributed by atoms with E-state index < -0.39 is 0 Å². The van der Waals surface area contributed by atoms with Crippen molar-refractivity contribution in [3.05, 3.63) is 70.8 Å². The molecule has 0 fully saturated rings. The molecule has 0 aliphatic rings. The lowest BCUT2D eigenvalue weighted by molar-refractivity contribution is 0.953. The van der Waals surface area contributed by atoms with Crippen molar-refractivity contribution in [2.24, 2.45) is 0 Å². The molecule has 0 N–H and O–H groups in total. The number of fused-ring (bicyclic) bond motifs is 1. The smallest absolute Gasteiger partial charge is 0.265 e. The summed E-state index contributed by atoms with van der Waals surface area (Å²) in [7, 11) is 0. The zero-order valence-electron chi connectivity index (χ0n) is 10.00. The first-order valence-corrected chi connectivity index (χ1v) is 5.80. The Hall–Kier alpha value is -2.42. The summed E-state index contributed by atoms with van der Waals surface area (Å²) in [6, 6.07) is 15.2. The Morgan fingerprint density at radius 1 is 1.00 bits per heavy atom. The summed E-state index contributed by atoms with van der Waals surface area (Å²) in [5, 5.41) is 0.642. The van der Waals surface area contributed by atoms with Crippen LogP contribution in [0.3, 0.4) is 0 Å². The molecule has 3 rings (SSSR count). The van der Waals surface area contributed by atoms with Crippen LogP contribution in [0.15, 0.2) is 59.7 Å². The lowest BCUT2D eigenvalue weighted by Crippen LogP contribution is -2.19. The summed E-state index contributed by atoms with van der Waals surface area (Å²) in [4.78, 5) is 16.7. The van der Waals surface area contributed by atoms with E-state index in [9.17, 15) is 4.79 Å². The highest BCUT2D eigenvalue weighted by Crippen LogP contribution is 2.12. The van der Waals surface area contributed by atoms with Gasteiger partial charge in [0.1, 0.15) is 6.33 Å². The van der Waals surface area contributed by atoms with Crippen molar-refractivity contribution in [1.82, 2.24) is 9.55 Å². The quantitative estimate of drug-likeness (QED) is 0.651. The van der Waals surface area contributed by atoms with E-state index in [1.54, 1.807) is 17.0 Å². The average Bonchev–Trinajstić information content (AvgIpc) is 2.41. The number of nitrogens with zero attached hydrogens (tertiary/aromatic N) is 2. The molecule has 0 radical (unpaired) electrons. The van der Waals surface area contributed by atoms with Crippen molar-refractivity contribution < 1.29 is 0 Å². The molecule has 1 heterocycles. The Morgan fingerprint density at radius 3 is 2.56 bits per heavy atom.